The largest absolute Gasteiger partial charge is 0.478 e. The van der Waals surface area contributed by atoms with E-state index in [9.17, 15) is 18.0 Å². The SMILES string of the molecule is O=C(O)c1ccc2c(c1)nc(C(F)(F)F)n2C1CCOC1. The van der Waals surface area contributed by atoms with E-state index in [1.54, 1.807) is 0 Å². The van der Waals surface area contributed by atoms with Gasteiger partial charge < -0.3 is 14.4 Å². The van der Waals surface area contributed by atoms with E-state index >= 15 is 0 Å². The maximum absolute atomic E-state index is 13.2. The Hall–Kier alpha value is -2.09. The number of alkyl halides is 3. The van der Waals surface area contributed by atoms with E-state index in [0.717, 1.165) is 10.6 Å². The molecule has 0 amide bonds. The molecule has 1 N–H and O–H groups in total. The van der Waals surface area contributed by atoms with Gasteiger partial charge in [0.25, 0.3) is 0 Å². The third kappa shape index (κ3) is 2.35. The van der Waals surface area contributed by atoms with Crippen molar-refractivity contribution in [2.45, 2.75) is 18.6 Å². The third-order valence-electron chi connectivity index (χ3n) is 3.46. The zero-order valence-corrected chi connectivity index (χ0v) is 10.7. The fraction of sp³-hybridized carbons (Fsp3) is 0.385. The van der Waals surface area contributed by atoms with Gasteiger partial charge in [-0.15, -0.1) is 0 Å². The fourth-order valence-corrected chi connectivity index (χ4v) is 2.53. The van der Waals surface area contributed by atoms with E-state index < -0.39 is 24.0 Å². The Balaban J connectivity index is 2.23. The van der Waals surface area contributed by atoms with Gasteiger partial charge in [-0.2, -0.15) is 13.2 Å². The van der Waals surface area contributed by atoms with Crippen LogP contribution in [-0.4, -0.2) is 33.8 Å². The molecule has 2 aromatic rings. The summed E-state index contributed by atoms with van der Waals surface area (Å²) in [6.45, 7) is 0.587. The van der Waals surface area contributed by atoms with Crippen LogP contribution >= 0.6 is 0 Å². The third-order valence-corrected chi connectivity index (χ3v) is 3.46. The van der Waals surface area contributed by atoms with E-state index in [2.05, 4.69) is 4.98 Å². The van der Waals surface area contributed by atoms with Gasteiger partial charge in [-0.1, -0.05) is 0 Å². The molecule has 1 saturated heterocycles. The number of aromatic nitrogens is 2. The lowest BCUT2D eigenvalue weighted by Gasteiger charge is -2.16. The molecule has 1 aromatic carbocycles. The zero-order chi connectivity index (χ0) is 15.2. The summed E-state index contributed by atoms with van der Waals surface area (Å²) in [6.07, 6.45) is -4.14. The molecule has 0 saturated carbocycles. The number of fused-ring (bicyclic) bond motifs is 1. The molecule has 0 spiro atoms. The quantitative estimate of drug-likeness (QED) is 0.926. The van der Waals surface area contributed by atoms with Gasteiger partial charge in [0.05, 0.1) is 29.2 Å². The molecule has 1 fully saturated rings. The highest BCUT2D eigenvalue weighted by atomic mass is 19.4. The Kier molecular flexibility index (Phi) is 3.12. The number of rotatable bonds is 2. The first-order valence-corrected chi connectivity index (χ1v) is 6.28. The van der Waals surface area contributed by atoms with E-state index in [0.29, 0.717) is 13.0 Å². The molecule has 3 rings (SSSR count). The minimum atomic E-state index is -4.61. The summed E-state index contributed by atoms with van der Waals surface area (Å²) in [4.78, 5) is 14.5. The second kappa shape index (κ2) is 4.73. The molecule has 1 aliphatic heterocycles. The number of hydrogen-bond donors (Lipinski definition) is 1. The molecule has 1 aliphatic rings. The van der Waals surface area contributed by atoms with Crippen molar-refractivity contribution in [1.29, 1.82) is 0 Å². The molecule has 112 valence electrons. The summed E-state index contributed by atoms with van der Waals surface area (Å²) >= 11 is 0. The average molecular weight is 300 g/mol. The van der Waals surface area contributed by atoms with Crippen LogP contribution in [0.1, 0.15) is 28.6 Å². The highest BCUT2D eigenvalue weighted by molar-refractivity contribution is 5.92. The number of aromatic carboxylic acids is 1. The lowest BCUT2D eigenvalue weighted by molar-refractivity contribution is -0.147. The Morgan fingerprint density at radius 2 is 2.19 bits per heavy atom. The van der Waals surface area contributed by atoms with Crippen molar-refractivity contribution in [3.63, 3.8) is 0 Å². The number of imidazole rings is 1. The number of carbonyl (C=O) groups is 1. The van der Waals surface area contributed by atoms with Gasteiger partial charge in [-0.25, -0.2) is 9.78 Å². The van der Waals surface area contributed by atoms with E-state index in [4.69, 9.17) is 9.84 Å². The smallest absolute Gasteiger partial charge is 0.449 e. The van der Waals surface area contributed by atoms with Crippen molar-refractivity contribution >= 4 is 17.0 Å². The standard InChI is InChI=1S/C13H11F3N2O3/c14-13(15,16)12-17-9-5-7(11(19)20)1-2-10(9)18(12)8-3-4-21-6-8/h1-2,5,8H,3-4,6H2,(H,19,20). The number of hydrogen-bond acceptors (Lipinski definition) is 3. The summed E-state index contributed by atoms with van der Waals surface area (Å²) < 4.78 is 45.7. The number of carboxylic acids is 1. The van der Waals surface area contributed by atoms with Crippen molar-refractivity contribution < 1.29 is 27.8 Å². The van der Waals surface area contributed by atoms with Crippen molar-refractivity contribution in [3.8, 4) is 0 Å². The first-order chi connectivity index (χ1) is 9.88. The molecule has 2 heterocycles. The summed E-state index contributed by atoms with van der Waals surface area (Å²) in [5, 5.41) is 8.91. The second-order valence-electron chi connectivity index (χ2n) is 4.83. The number of ether oxygens (including phenoxy) is 1. The van der Waals surface area contributed by atoms with Gasteiger partial charge in [0, 0.05) is 6.61 Å². The Labute approximate surface area is 117 Å². The van der Waals surface area contributed by atoms with E-state index in [1.165, 1.54) is 12.1 Å². The second-order valence-corrected chi connectivity index (χ2v) is 4.83. The zero-order valence-electron chi connectivity index (χ0n) is 10.7. The highest BCUT2D eigenvalue weighted by Crippen LogP contribution is 2.36. The van der Waals surface area contributed by atoms with Gasteiger partial charge in [0.1, 0.15) is 0 Å². The van der Waals surface area contributed by atoms with Crippen LogP contribution in [-0.2, 0) is 10.9 Å². The van der Waals surface area contributed by atoms with Crippen LogP contribution in [0.25, 0.3) is 11.0 Å². The summed E-state index contributed by atoms with van der Waals surface area (Å²) in [5.74, 6) is -2.22. The van der Waals surface area contributed by atoms with Crippen molar-refractivity contribution in [3.05, 3.63) is 29.6 Å². The van der Waals surface area contributed by atoms with Crippen LogP contribution in [0, 0.1) is 0 Å². The van der Waals surface area contributed by atoms with Gasteiger partial charge in [0.15, 0.2) is 0 Å². The topological polar surface area (TPSA) is 64.3 Å². The number of nitrogens with zero attached hydrogens (tertiary/aromatic N) is 2. The molecule has 0 aliphatic carbocycles. The van der Waals surface area contributed by atoms with Crippen LogP contribution in [0.15, 0.2) is 18.2 Å². The molecule has 1 unspecified atom stereocenters. The summed E-state index contributed by atoms with van der Waals surface area (Å²) in [6, 6.07) is 3.35. The van der Waals surface area contributed by atoms with Gasteiger partial charge >= 0.3 is 12.1 Å². The van der Waals surface area contributed by atoms with Crippen molar-refractivity contribution in [1.82, 2.24) is 9.55 Å². The van der Waals surface area contributed by atoms with Crippen LogP contribution in [0.2, 0.25) is 0 Å². The molecular formula is C13H11F3N2O3. The minimum absolute atomic E-state index is 0.0223. The van der Waals surface area contributed by atoms with Crippen LogP contribution in [0.5, 0.6) is 0 Å². The first-order valence-electron chi connectivity index (χ1n) is 6.28. The normalized spacial score (nSPS) is 19.3. The maximum atomic E-state index is 13.2. The fourth-order valence-electron chi connectivity index (χ4n) is 2.53. The monoisotopic (exact) mass is 300 g/mol. The van der Waals surface area contributed by atoms with Gasteiger partial charge in [-0.3, -0.25) is 0 Å². The Morgan fingerprint density at radius 1 is 1.43 bits per heavy atom. The molecule has 1 aromatic heterocycles. The lowest BCUT2D eigenvalue weighted by atomic mass is 10.2. The van der Waals surface area contributed by atoms with E-state index in [-0.39, 0.29) is 23.2 Å². The van der Waals surface area contributed by atoms with Gasteiger partial charge in [0.2, 0.25) is 5.82 Å². The first kappa shape index (κ1) is 13.9. The molecule has 0 radical (unpaired) electrons. The minimum Gasteiger partial charge on any atom is -0.478 e. The number of benzene rings is 1. The highest BCUT2D eigenvalue weighted by Gasteiger charge is 2.40. The van der Waals surface area contributed by atoms with Crippen LogP contribution < -0.4 is 0 Å². The number of carboxylic acid groups (broad SMARTS) is 1. The summed E-state index contributed by atoms with van der Waals surface area (Å²) in [7, 11) is 0. The van der Waals surface area contributed by atoms with E-state index in [1.807, 2.05) is 0 Å². The number of halogens is 3. The molecule has 8 heteroatoms. The average Bonchev–Trinajstić information content (AvgIpc) is 3.03. The maximum Gasteiger partial charge on any atom is 0.449 e. The predicted molar refractivity (Wildman–Crippen MR) is 66.2 cm³/mol. The lowest BCUT2D eigenvalue weighted by Crippen LogP contribution is -2.19. The Bertz CT molecular complexity index is 702. The summed E-state index contributed by atoms with van der Waals surface area (Å²) in [5.41, 5.74) is 0.195. The van der Waals surface area contributed by atoms with Crippen molar-refractivity contribution in [2.75, 3.05) is 13.2 Å². The van der Waals surface area contributed by atoms with Gasteiger partial charge in [-0.05, 0) is 24.6 Å². The molecule has 1 atom stereocenters. The predicted octanol–water partition coefficient (Wildman–Crippen LogP) is 2.71. The molecule has 21 heavy (non-hydrogen) atoms. The molecular weight excluding hydrogens is 289 g/mol. The Morgan fingerprint density at radius 3 is 2.76 bits per heavy atom. The van der Waals surface area contributed by atoms with Crippen LogP contribution in [0.3, 0.4) is 0 Å². The van der Waals surface area contributed by atoms with Crippen LogP contribution in [0.4, 0.5) is 13.2 Å². The molecule has 0 bridgehead atoms. The van der Waals surface area contributed by atoms with Crippen molar-refractivity contribution in [2.24, 2.45) is 0 Å². The molecule has 5 nitrogen and oxygen atoms in total.